The third kappa shape index (κ3) is 50.5. The summed E-state index contributed by atoms with van der Waals surface area (Å²) in [5, 5.41) is 129. The average molecular weight is 2130 g/mol. The Bertz CT molecular complexity index is 4580. The molecule has 0 unspecified atom stereocenters. The largest absolute Gasteiger partial charge is 0.508 e. The number of aliphatic hydroxyl groups is 4. The minimum atomic E-state index is -2.06. The Balaban J connectivity index is 2.44. The number of rotatable bonds is 75. The highest BCUT2D eigenvalue weighted by Crippen LogP contribution is 2.20. The van der Waals surface area contributed by atoms with Crippen molar-refractivity contribution in [2.24, 2.45) is 58.3 Å². The summed E-state index contributed by atoms with van der Waals surface area (Å²) in [5.74, 6) is -27.2. The minimum absolute atomic E-state index is 0.0509. The van der Waals surface area contributed by atoms with E-state index >= 15 is 0 Å². The molecule has 19 amide bonds. The molecule has 1 aromatic rings. The quantitative estimate of drug-likeness (QED) is 0.0269. The summed E-state index contributed by atoms with van der Waals surface area (Å²) in [7, 11) is 0. The summed E-state index contributed by atoms with van der Waals surface area (Å²) in [5.41, 5.74) is 29.1. The zero-order valence-corrected chi connectivity index (χ0v) is 87.6. The summed E-state index contributed by atoms with van der Waals surface area (Å²) in [6, 6.07) is -23.4. The summed E-state index contributed by atoms with van der Waals surface area (Å²) in [6.45, 7) is 16.2. The lowest BCUT2D eigenvalue weighted by Gasteiger charge is -2.29. The van der Waals surface area contributed by atoms with Gasteiger partial charge in [0.05, 0.1) is 44.4 Å². The number of nitrogens with two attached hydrogens (primary N) is 5. The van der Waals surface area contributed by atoms with E-state index in [0.717, 1.165) is 20.3 Å². The fourth-order valence-electron chi connectivity index (χ4n) is 15.7. The van der Waals surface area contributed by atoms with Gasteiger partial charge in [-0.15, -0.1) is 0 Å². The number of carbonyl (C=O) groups is 22. The molecule has 37 N–H and O–H groups in total. The first kappa shape index (κ1) is 133. The number of aromatic hydroxyl groups is 1. The van der Waals surface area contributed by atoms with Crippen LogP contribution in [0, 0.1) is 29.6 Å². The maximum Gasteiger partial charge on any atom is 0.326 e. The molecule has 0 radical (unpaired) electrons. The number of phenols is 1. The zero-order chi connectivity index (χ0) is 113. The average Bonchev–Trinajstić information content (AvgIpc) is 0.993. The first-order valence-electron chi connectivity index (χ1n) is 50.8. The van der Waals surface area contributed by atoms with Crippen molar-refractivity contribution in [3.63, 3.8) is 0 Å². The predicted octanol–water partition coefficient (Wildman–Crippen LogP) is -8.55. The molecule has 1 saturated heterocycles. The van der Waals surface area contributed by atoms with Crippen molar-refractivity contribution in [2.75, 3.05) is 52.5 Å². The standard InChI is InChI=1S/C96H164N24O30/c1-48(2)40-64(111-85(138)63(32-34-73(128)129)108-81(134)58(22-13-17-35-97)106-88(141)65(41-49(3)4)112-93(146)76(52(9)10)117-80(133)57-26-21-39-102-57)87(140)107-59(23-14-18-36-98)82(135)116-70(47-122)91(144)118-75(51(7)8)92(145)110-62(31-33-71(101)126)84(137)105-61(25-16-20-38-100)86(139)119-77(53(11)123)94(147)109-60(24-15-19-37-99)83(136)115-69(46-121)79(132)103-45-72(127)104-67(44-74(130)131)90(143)120-78(54(12)124)95(148)113-66(42-50(5)6)89(142)114-68(96(149)150)43-55-27-29-56(125)30-28-55/h27-30,48-54,57-70,75-78,102,121-125H,13-26,31-47,97-100H2,1-12H3,(H2,101,126)(H,103,132)(H,104,127)(H,105,137)(H,106,141)(H,107,140)(H,108,134)(H,109,147)(H,110,145)(H,111,138)(H,112,146)(H,113,148)(H,114,142)(H,115,136)(H,116,135)(H,117,133)(H,118,144)(H,119,139)(H,120,143)(H,128,129)(H,130,131)(H,149,150)/t53-,54-,57+,58+,59+,60+,61+,62+,63+,64+,65+,66+,67+,68+,69+,70+,75+,76+,77+,78+/m1/s1. The van der Waals surface area contributed by atoms with Crippen molar-refractivity contribution in [3.8, 4) is 5.75 Å². The third-order valence-corrected chi connectivity index (χ3v) is 24.0. The van der Waals surface area contributed by atoms with E-state index in [0.29, 0.717) is 24.9 Å². The molecular weight excluding hydrogens is 1970 g/mol. The number of nitrogens with one attached hydrogen (secondary N) is 19. The second kappa shape index (κ2) is 70.1. The summed E-state index contributed by atoms with van der Waals surface area (Å²) < 4.78 is 0. The molecule has 1 aliphatic rings. The highest BCUT2D eigenvalue weighted by Gasteiger charge is 2.43. The van der Waals surface area contributed by atoms with Crippen molar-refractivity contribution < 1.29 is 146 Å². The Morgan fingerprint density at radius 2 is 0.640 bits per heavy atom. The Morgan fingerprint density at radius 1 is 0.340 bits per heavy atom. The number of unbranched alkanes of at least 4 members (excludes halogenated alkanes) is 4. The molecule has 54 nitrogen and oxygen atoms in total. The fourth-order valence-corrected chi connectivity index (χ4v) is 15.7. The number of hydrogen-bond donors (Lipinski definition) is 32. The number of carboxylic acids is 3. The van der Waals surface area contributed by atoms with Gasteiger partial charge in [0.15, 0.2) is 0 Å². The van der Waals surface area contributed by atoms with Gasteiger partial charge in [0, 0.05) is 19.3 Å². The molecule has 1 aliphatic heterocycles. The maximum absolute atomic E-state index is 14.6. The molecule has 20 atom stereocenters. The van der Waals surface area contributed by atoms with E-state index in [4.69, 9.17) is 28.7 Å². The first-order valence-corrected chi connectivity index (χ1v) is 50.8. The molecule has 150 heavy (non-hydrogen) atoms. The number of aliphatic hydroxyl groups excluding tert-OH is 4. The Labute approximate surface area is 871 Å². The van der Waals surface area contributed by atoms with Gasteiger partial charge in [-0.1, -0.05) is 81.4 Å². The Kier molecular flexibility index (Phi) is 62.2. The number of amides is 19. The van der Waals surface area contributed by atoms with Gasteiger partial charge >= 0.3 is 17.9 Å². The van der Waals surface area contributed by atoms with Gasteiger partial charge in [-0.3, -0.25) is 101 Å². The van der Waals surface area contributed by atoms with Crippen molar-refractivity contribution in [1.82, 2.24) is 101 Å². The van der Waals surface area contributed by atoms with E-state index in [-0.39, 0.29) is 140 Å². The molecule has 0 aromatic heterocycles. The minimum Gasteiger partial charge on any atom is -0.508 e. The molecule has 0 aliphatic carbocycles. The van der Waals surface area contributed by atoms with Crippen LogP contribution in [0.4, 0.5) is 0 Å². The molecule has 54 heteroatoms. The van der Waals surface area contributed by atoms with E-state index < -0.39 is 321 Å². The zero-order valence-electron chi connectivity index (χ0n) is 87.6. The smallest absolute Gasteiger partial charge is 0.326 e. The van der Waals surface area contributed by atoms with Crippen LogP contribution < -0.4 is 130 Å². The number of benzene rings is 1. The summed E-state index contributed by atoms with van der Waals surface area (Å²) in [4.78, 5) is 303. The number of primary amides is 1. The molecule has 0 saturated carbocycles. The van der Waals surface area contributed by atoms with E-state index in [1.165, 1.54) is 38.1 Å². The Hall–Kier alpha value is -13.0. The molecular formula is C96H164N24O30. The normalized spacial score (nSPS) is 16.2. The maximum atomic E-state index is 14.6. The van der Waals surface area contributed by atoms with Crippen LogP contribution in [0.25, 0.3) is 0 Å². The van der Waals surface area contributed by atoms with Gasteiger partial charge in [0.2, 0.25) is 112 Å². The van der Waals surface area contributed by atoms with Gasteiger partial charge in [-0.2, -0.15) is 0 Å². The highest BCUT2D eigenvalue weighted by molar-refractivity contribution is 6.02. The highest BCUT2D eigenvalue weighted by atomic mass is 16.4. The fraction of sp³-hybridized carbons (Fsp3) is 0.708. The van der Waals surface area contributed by atoms with Gasteiger partial charge in [0.1, 0.15) is 108 Å². The lowest BCUT2D eigenvalue weighted by atomic mass is 9.98. The molecule has 2 rings (SSSR count). The SMILES string of the molecule is CC(C)C[C@H](NC(=O)[C@H](CCC(=O)O)NC(=O)[C@H](CCCCN)NC(=O)[C@H](CC(C)C)NC(=O)[C@@H](NC(=O)[C@@H]1CCCN1)C(C)C)C(=O)N[C@@H](CCCCN)C(=O)N[C@@H](CO)C(=O)N[C@H](C(=O)N[C@@H](CCC(N)=O)C(=O)N[C@@H](CCCCN)C(=O)N[C@H](C(=O)N[C@@H](CCCCN)C(=O)N[C@@H](CO)C(=O)NCC(=O)N[C@@H](CC(=O)O)C(=O)N[C@H](C(=O)N[C@@H](CC(C)C)C(=O)N[C@@H](Cc1ccc(O)cc1)C(=O)O)[C@@H](C)O)[C@@H](C)O)C(C)C. The molecule has 0 bridgehead atoms. The lowest BCUT2D eigenvalue weighted by molar-refractivity contribution is -0.142. The lowest BCUT2D eigenvalue weighted by Crippen LogP contribution is -2.62. The van der Waals surface area contributed by atoms with Gasteiger partial charge in [0.25, 0.3) is 0 Å². The van der Waals surface area contributed by atoms with Crippen LogP contribution in [0.5, 0.6) is 5.75 Å². The van der Waals surface area contributed by atoms with Gasteiger partial charge in [-0.25, -0.2) is 4.79 Å². The van der Waals surface area contributed by atoms with Crippen LogP contribution in [0.1, 0.15) is 230 Å². The number of carbonyl (C=O) groups excluding carboxylic acids is 19. The summed E-state index contributed by atoms with van der Waals surface area (Å²) >= 11 is 0. The van der Waals surface area contributed by atoms with Gasteiger partial charge < -0.3 is 171 Å². The van der Waals surface area contributed by atoms with Crippen LogP contribution >= 0.6 is 0 Å². The predicted molar refractivity (Wildman–Crippen MR) is 541 cm³/mol. The van der Waals surface area contributed by atoms with Crippen molar-refractivity contribution in [2.45, 2.75) is 352 Å². The summed E-state index contributed by atoms with van der Waals surface area (Å²) in [6.07, 6.45) is -5.47. The molecule has 1 heterocycles. The van der Waals surface area contributed by atoms with Gasteiger partial charge in [-0.05, 0) is 216 Å². The molecule has 848 valence electrons. The molecule has 1 fully saturated rings. The van der Waals surface area contributed by atoms with Crippen LogP contribution in [-0.2, 0) is 112 Å². The van der Waals surface area contributed by atoms with Crippen LogP contribution in [0.15, 0.2) is 24.3 Å². The van der Waals surface area contributed by atoms with Crippen LogP contribution in [-0.4, -0.2) is 344 Å². The topological polar surface area (TPSA) is 896 Å². The van der Waals surface area contributed by atoms with Crippen LogP contribution in [0.2, 0.25) is 0 Å². The van der Waals surface area contributed by atoms with Crippen molar-refractivity contribution in [3.05, 3.63) is 29.8 Å². The Morgan fingerprint density at radius 3 is 0.967 bits per heavy atom. The van der Waals surface area contributed by atoms with E-state index in [2.05, 4.69) is 101 Å². The van der Waals surface area contributed by atoms with E-state index in [1.807, 2.05) is 0 Å². The second-order valence-corrected chi connectivity index (χ2v) is 39.3. The monoisotopic (exact) mass is 2130 g/mol. The number of phenolic OH excluding ortho intramolecular Hbond substituents is 1. The van der Waals surface area contributed by atoms with Crippen LogP contribution in [0.3, 0.4) is 0 Å². The molecule has 0 spiro atoms. The number of aliphatic carboxylic acids is 3. The number of hydrogen-bond acceptors (Lipinski definition) is 32. The van der Waals surface area contributed by atoms with Crippen molar-refractivity contribution in [1.29, 1.82) is 0 Å². The number of carboxylic acid groups (broad SMARTS) is 3. The second-order valence-electron chi connectivity index (χ2n) is 39.3. The third-order valence-electron chi connectivity index (χ3n) is 24.0. The molecule has 1 aromatic carbocycles. The first-order chi connectivity index (χ1) is 70.6. The van der Waals surface area contributed by atoms with E-state index in [9.17, 15) is 146 Å². The van der Waals surface area contributed by atoms with E-state index in [1.54, 1.807) is 55.4 Å². The van der Waals surface area contributed by atoms with Crippen molar-refractivity contribution >= 4 is 130 Å².